The first-order valence-electron chi connectivity index (χ1n) is 9.45. The molecule has 1 amide bonds. The number of benzene rings is 2. The third-order valence-corrected chi connectivity index (χ3v) is 6.22. The summed E-state index contributed by atoms with van der Waals surface area (Å²) >= 11 is 0. The van der Waals surface area contributed by atoms with E-state index in [0.29, 0.717) is 5.75 Å². The minimum absolute atomic E-state index is 0.0230. The number of aryl methyl sites for hydroxylation is 2. The van der Waals surface area contributed by atoms with Gasteiger partial charge in [-0.1, -0.05) is 18.9 Å². The number of carbonyl (C=O) groups is 1. The molecule has 3 rings (SSSR count). The van der Waals surface area contributed by atoms with Crippen molar-refractivity contribution in [2.75, 3.05) is 11.9 Å². The summed E-state index contributed by atoms with van der Waals surface area (Å²) in [6.07, 6.45) is 3.89. The smallest absolute Gasteiger partial charge is 0.262 e. The summed E-state index contributed by atoms with van der Waals surface area (Å²) in [6.45, 7) is 3.78. The zero-order valence-corrected chi connectivity index (χ0v) is 17.0. The molecule has 0 radical (unpaired) electrons. The summed E-state index contributed by atoms with van der Waals surface area (Å²) in [7, 11) is -3.53. The predicted octanol–water partition coefficient (Wildman–Crippen LogP) is 3.54. The zero-order valence-electron chi connectivity index (χ0n) is 16.2. The molecule has 1 fully saturated rings. The van der Waals surface area contributed by atoms with E-state index >= 15 is 0 Å². The fourth-order valence-corrected chi connectivity index (χ4v) is 4.74. The molecule has 0 aromatic heterocycles. The molecule has 0 spiro atoms. The highest BCUT2D eigenvalue weighted by molar-refractivity contribution is 7.89. The lowest BCUT2D eigenvalue weighted by molar-refractivity contribution is -0.118. The first kappa shape index (κ1) is 20.4. The molecule has 28 heavy (non-hydrogen) atoms. The second kappa shape index (κ2) is 8.75. The average Bonchev–Trinajstić information content (AvgIpc) is 3.12. The van der Waals surface area contributed by atoms with E-state index < -0.39 is 10.0 Å². The maximum atomic E-state index is 12.4. The highest BCUT2D eigenvalue weighted by Gasteiger charge is 2.22. The van der Waals surface area contributed by atoms with Gasteiger partial charge in [-0.05, 0) is 74.2 Å². The van der Waals surface area contributed by atoms with Gasteiger partial charge in [0.05, 0.1) is 4.90 Å². The van der Waals surface area contributed by atoms with Crippen LogP contribution in [0.2, 0.25) is 0 Å². The normalized spacial score (nSPS) is 14.8. The van der Waals surface area contributed by atoms with Crippen LogP contribution in [0.25, 0.3) is 0 Å². The highest BCUT2D eigenvalue weighted by Crippen LogP contribution is 2.22. The van der Waals surface area contributed by atoms with E-state index in [1.807, 2.05) is 32.0 Å². The fourth-order valence-electron chi connectivity index (χ4n) is 3.44. The second-order valence-electron chi connectivity index (χ2n) is 7.29. The Morgan fingerprint density at radius 3 is 2.25 bits per heavy atom. The molecule has 2 aromatic rings. The monoisotopic (exact) mass is 402 g/mol. The van der Waals surface area contributed by atoms with Crippen LogP contribution in [0.3, 0.4) is 0 Å². The molecule has 0 heterocycles. The van der Waals surface area contributed by atoms with Crippen LogP contribution < -0.4 is 14.8 Å². The van der Waals surface area contributed by atoms with Gasteiger partial charge in [0.25, 0.3) is 5.91 Å². The molecular weight excluding hydrogens is 376 g/mol. The van der Waals surface area contributed by atoms with Gasteiger partial charge in [0.2, 0.25) is 10.0 Å². The van der Waals surface area contributed by atoms with Crippen LogP contribution in [0.15, 0.2) is 47.4 Å². The van der Waals surface area contributed by atoms with Crippen LogP contribution in [0.4, 0.5) is 5.69 Å². The van der Waals surface area contributed by atoms with Crippen molar-refractivity contribution < 1.29 is 17.9 Å². The highest BCUT2D eigenvalue weighted by atomic mass is 32.2. The van der Waals surface area contributed by atoms with Gasteiger partial charge < -0.3 is 10.1 Å². The lowest BCUT2D eigenvalue weighted by Gasteiger charge is -2.13. The standard InChI is InChI=1S/C21H26N2O4S/c1-15-11-16(2)13-18(12-15)22-21(24)14-27-19-7-9-20(10-8-19)28(25,26)23-17-5-3-4-6-17/h7-13,17,23H,3-6,14H2,1-2H3,(H,22,24). The predicted molar refractivity (Wildman–Crippen MR) is 109 cm³/mol. The number of carbonyl (C=O) groups excluding carboxylic acids is 1. The molecule has 1 saturated carbocycles. The van der Waals surface area contributed by atoms with Crippen molar-refractivity contribution in [2.24, 2.45) is 0 Å². The van der Waals surface area contributed by atoms with Crippen LogP contribution >= 0.6 is 0 Å². The van der Waals surface area contributed by atoms with E-state index in [1.165, 1.54) is 12.1 Å². The summed E-state index contributed by atoms with van der Waals surface area (Å²) in [6, 6.07) is 12.0. The van der Waals surface area contributed by atoms with Crippen molar-refractivity contribution in [3.8, 4) is 5.75 Å². The van der Waals surface area contributed by atoms with Gasteiger partial charge >= 0.3 is 0 Å². The van der Waals surface area contributed by atoms with Gasteiger partial charge in [-0.3, -0.25) is 4.79 Å². The van der Waals surface area contributed by atoms with E-state index in [2.05, 4.69) is 10.0 Å². The molecule has 1 aliphatic carbocycles. The lowest BCUT2D eigenvalue weighted by Crippen LogP contribution is -2.32. The first-order valence-corrected chi connectivity index (χ1v) is 10.9. The number of sulfonamides is 1. The van der Waals surface area contributed by atoms with E-state index in [0.717, 1.165) is 42.5 Å². The Morgan fingerprint density at radius 2 is 1.64 bits per heavy atom. The molecule has 6 nitrogen and oxygen atoms in total. The van der Waals surface area contributed by atoms with Crippen LogP contribution in [-0.2, 0) is 14.8 Å². The first-order chi connectivity index (χ1) is 13.3. The van der Waals surface area contributed by atoms with E-state index in [1.54, 1.807) is 12.1 Å². The summed E-state index contributed by atoms with van der Waals surface area (Å²) in [5, 5.41) is 2.80. The molecular formula is C21H26N2O4S. The number of hydrogen-bond acceptors (Lipinski definition) is 4. The average molecular weight is 403 g/mol. The Morgan fingerprint density at radius 1 is 1.04 bits per heavy atom. The van der Waals surface area contributed by atoms with Gasteiger partial charge in [-0.2, -0.15) is 0 Å². The molecule has 150 valence electrons. The zero-order chi connectivity index (χ0) is 20.1. The Hall–Kier alpha value is -2.38. The van der Waals surface area contributed by atoms with Gasteiger partial charge in [0.15, 0.2) is 6.61 Å². The Bertz CT molecular complexity index is 913. The fraction of sp³-hybridized carbons (Fsp3) is 0.381. The van der Waals surface area contributed by atoms with Crippen molar-refractivity contribution in [1.29, 1.82) is 0 Å². The Labute approximate surface area is 166 Å². The Balaban J connectivity index is 1.54. The molecule has 2 N–H and O–H groups in total. The minimum atomic E-state index is -3.53. The SMILES string of the molecule is Cc1cc(C)cc(NC(=O)COc2ccc(S(=O)(=O)NC3CCCC3)cc2)c1. The molecule has 0 saturated heterocycles. The minimum Gasteiger partial charge on any atom is -0.484 e. The topological polar surface area (TPSA) is 84.5 Å². The van der Waals surface area contributed by atoms with E-state index in [9.17, 15) is 13.2 Å². The maximum absolute atomic E-state index is 12.4. The van der Waals surface area contributed by atoms with Crippen molar-refractivity contribution in [3.05, 3.63) is 53.6 Å². The molecule has 0 aliphatic heterocycles. The molecule has 0 unspecified atom stereocenters. The summed E-state index contributed by atoms with van der Waals surface area (Å²) in [4.78, 5) is 12.3. The summed E-state index contributed by atoms with van der Waals surface area (Å²) in [5.41, 5.74) is 2.86. The van der Waals surface area contributed by atoms with E-state index in [4.69, 9.17) is 4.74 Å². The van der Waals surface area contributed by atoms with Crippen molar-refractivity contribution >= 4 is 21.6 Å². The summed E-state index contributed by atoms with van der Waals surface area (Å²) < 4.78 is 33.0. The molecule has 1 aliphatic rings. The van der Waals surface area contributed by atoms with E-state index in [-0.39, 0.29) is 23.5 Å². The maximum Gasteiger partial charge on any atom is 0.262 e. The number of ether oxygens (including phenoxy) is 1. The quantitative estimate of drug-likeness (QED) is 0.742. The largest absolute Gasteiger partial charge is 0.484 e. The number of hydrogen-bond donors (Lipinski definition) is 2. The number of anilines is 1. The lowest BCUT2D eigenvalue weighted by atomic mass is 10.1. The van der Waals surface area contributed by atoms with Gasteiger partial charge in [-0.15, -0.1) is 0 Å². The van der Waals surface area contributed by atoms with Gasteiger partial charge in [0.1, 0.15) is 5.75 Å². The number of amides is 1. The second-order valence-corrected chi connectivity index (χ2v) is 9.00. The number of rotatable bonds is 7. The van der Waals surface area contributed by atoms with Crippen molar-refractivity contribution in [2.45, 2.75) is 50.5 Å². The van der Waals surface area contributed by atoms with Crippen molar-refractivity contribution in [1.82, 2.24) is 4.72 Å². The number of nitrogens with one attached hydrogen (secondary N) is 2. The molecule has 7 heteroatoms. The van der Waals surface area contributed by atoms with Crippen LogP contribution in [0.5, 0.6) is 5.75 Å². The third-order valence-electron chi connectivity index (χ3n) is 4.69. The third kappa shape index (κ3) is 5.56. The molecule has 0 atom stereocenters. The molecule has 2 aromatic carbocycles. The Kier molecular flexibility index (Phi) is 6.36. The van der Waals surface area contributed by atoms with Crippen LogP contribution in [0.1, 0.15) is 36.8 Å². The van der Waals surface area contributed by atoms with Gasteiger partial charge in [0, 0.05) is 11.7 Å². The summed E-state index contributed by atoms with van der Waals surface area (Å²) in [5.74, 6) is 0.167. The van der Waals surface area contributed by atoms with Gasteiger partial charge in [-0.25, -0.2) is 13.1 Å². The van der Waals surface area contributed by atoms with Crippen molar-refractivity contribution in [3.63, 3.8) is 0 Å². The van der Waals surface area contributed by atoms with Crippen LogP contribution in [0, 0.1) is 13.8 Å². The molecule has 0 bridgehead atoms. The van der Waals surface area contributed by atoms with Crippen LogP contribution in [-0.4, -0.2) is 27.0 Å².